The number of aromatic carboxylic acids is 1. The third-order valence-electron chi connectivity index (χ3n) is 4.20. The molecular weight excluding hydrogens is 328 g/mol. The van der Waals surface area contributed by atoms with Gasteiger partial charge in [-0.2, -0.15) is 5.10 Å². The molecule has 2 aromatic carbocycles. The van der Waals surface area contributed by atoms with E-state index >= 15 is 0 Å². The molecule has 0 fully saturated rings. The Kier molecular flexibility index (Phi) is 3.49. The van der Waals surface area contributed by atoms with Crippen LogP contribution in [0.5, 0.6) is 0 Å². The molecule has 0 saturated heterocycles. The first-order valence-corrected chi connectivity index (χ1v) is 7.69. The summed E-state index contributed by atoms with van der Waals surface area (Å²) in [6, 6.07) is 9.67. The van der Waals surface area contributed by atoms with Crippen LogP contribution in [0.4, 0.5) is 14.6 Å². The number of fused-ring (bicyclic) bond motifs is 1. The van der Waals surface area contributed by atoms with Gasteiger partial charge in [0, 0.05) is 23.7 Å². The number of nitrogens with zero attached hydrogens (tertiary/aromatic N) is 2. The van der Waals surface area contributed by atoms with Gasteiger partial charge in [0.2, 0.25) is 0 Å². The Balaban J connectivity index is 1.84. The molecule has 0 spiro atoms. The zero-order valence-corrected chi connectivity index (χ0v) is 13.0. The summed E-state index contributed by atoms with van der Waals surface area (Å²) in [7, 11) is 0. The van der Waals surface area contributed by atoms with Crippen LogP contribution < -0.4 is 5.32 Å². The molecule has 2 heterocycles. The van der Waals surface area contributed by atoms with E-state index in [0.29, 0.717) is 24.3 Å². The van der Waals surface area contributed by atoms with Crippen LogP contribution in [0.25, 0.3) is 16.9 Å². The van der Waals surface area contributed by atoms with Crippen molar-refractivity contribution >= 4 is 11.8 Å². The largest absolute Gasteiger partial charge is 0.478 e. The van der Waals surface area contributed by atoms with E-state index in [1.54, 1.807) is 16.8 Å². The van der Waals surface area contributed by atoms with Gasteiger partial charge in [0.25, 0.3) is 0 Å². The van der Waals surface area contributed by atoms with Crippen molar-refractivity contribution < 1.29 is 18.7 Å². The summed E-state index contributed by atoms with van der Waals surface area (Å²) in [6.07, 6.45) is 0.675. The minimum absolute atomic E-state index is 0.172. The van der Waals surface area contributed by atoms with Gasteiger partial charge in [0.15, 0.2) is 0 Å². The van der Waals surface area contributed by atoms with Gasteiger partial charge in [-0.15, -0.1) is 0 Å². The molecule has 126 valence electrons. The maximum Gasteiger partial charge on any atom is 0.335 e. The molecule has 1 aliphatic heterocycles. The van der Waals surface area contributed by atoms with Gasteiger partial charge in [-0.25, -0.2) is 18.3 Å². The molecule has 0 unspecified atom stereocenters. The van der Waals surface area contributed by atoms with E-state index in [1.165, 1.54) is 24.3 Å². The molecule has 5 nitrogen and oxygen atoms in total. The molecule has 1 aliphatic rings. The van der Waals surface area contributed by atoms with Gasteiger partial charge in [0.1, 0.15) is 23.1 Å². The van der Waals surface area contributed by atoms with E-state index in [0.717, 1.165) is 17.4 Å². The van der Waals surface area contributed by atoms with Gasteiger partial charge < -0.3 is 10.4 Å². The lowest BCUT2D eigenvalue weighted by molar-refractivity contribution is 0.0697. The average Bonchev–Trinajstić information content (AvgIpc) is 3.18. The van der Waals surface area contributed by atoms with Crippen LogP contribution in [0.15, 0.2) is 42.5 Å². The van der Waals surface area contributed by atoms with Crippen molar-refractivity contribution in [3.63, 3.8) is 0 Å². The predicted molar refractivity (Wildman–Crippen MR) is 88.1 cm³/mol. The van der Waals surface area contributed by atoms with E-state index in [9.17, 15) is 13.6 Å². The van der Waals surface area contributed by atoms with Gasteiger partial charge in [-0.3, -0.25) is 0 Å². The molecule has 25 heavy (non-hydrogen) atoms. The molecule has 0 bridgehead atoms. The number of carbonyl (C=O) groups is 1. The molecule has 2 N–H and O–H groups in total. The molecule has 0 aliphatic carbocycles. The molecule has 1 aromatic heterocycles. The fraction of sp³-hybridized carbons (Fsp3) is 0.111. The predicted octanol–water partition coefficient (Wildman–Crippen LogP) is 3.48. The van der Waals surface area contributed by atoms with Crippen molar-refractivity contribution in [2.45, 2.75) is 6.42 Å². The second kappa shape index (κ2) is 5.70. The normalized spacial score (nSPS) is 12.7. The van der Waals surface area contributed by atoms with E-state index in [1.807, 2.05) is 0 Å². The number of carboxylic acids is 1. The summed E-state index contributed by atoms with van der Waals surface area (Å²) < 4.78 is 29.0. The van der Waals surface area contributed by atoms with Crippen molar-refractivity contribution in [3.8, 4) is 16.9 Å². The highest BCUT2D eigenvalue weighted by atomic mass is 19.1. The third-order valence-corrected chi connectivity index (χ3v) is 4.20. The lowest BCUT2D eigenvalue weighted by Crippen LogP contribution is -2.05. The van der Waals surface area contributed by atoms with Crippen LogP contribution in [0.1, 0.15) is 15.9 Å². The van der Waals surface area contributed by atoms with Crippen molar-refractivity contribution in [1.29, 1.82) is 0 Å². The van der Waals surface area contributed by atoms with E-state index in [4.69, 9.17) is 5.11 Å². The Morgan fingerprint density at radius 1 is 1.16 bits per heavy atom. The molecule has 4 rings (SSSR count). The quantitative estimate of drug-likeness (QED) is 0.765. The van der Waals surface area contributed by atoms with E-state index in [2.05, 4.69) is 10.4 Å². The van der Waals surface area contributed by atoms with E-state index in [-0.39, 0.29) is 11.1 Å². The second-order valence-corrected chi connectivity index (χ2v) is 5.74. The van der Waals surface area contributed by atoms with Crippen LogP contribution in [0, 0.1) is 11.6 Å². The SMILES string of the molecule is O=C(O)c1ccc(-n2nc(-c3ccc(F)cc3F)c3c2NCC3)cc1. The van der Waals surface area contributed by atoms with Crippen LogP contribution in [0.2, 0.25) is 0 Å². The highest BCUT2D eigenvalue weighted by molar-refractivity contribution is 5.87. The van der Waals surface area contributed by atoms with Crippen molar-refractivity contribution in [3.05, 3.63) is 65.2 Å². The monoisotopic (exact) mass is 341 g/mol. The fourth-order valence-electron chi connectivity index (χ4n) is 3.00. The Labute approximate surface area is 141 Å². The van der Waals surface area contributed by atoms with E-state index < -0.39 is 17.6 Å². The minimum Gasteiger partial charge on any atom is -0.478 e. The maximum atomic E-state index is 14.2. The molecule has 7 heteroatoms. The van der Waals surface area contributed by atoms with Crippen molar-refractivity contribution in [2.75, 3.05) is 11.9 Å². The lowest BCUT2D eigenvalue weighted by atomic mass is 10.1. The highest BCUT2D eigenvalue weighted by Gasteiger charge is 2.25. The summed E-state index contributed by atoms with van der Waals surface area (Å²) in [5, 5.41) is 16.7. The summed E-state index contributed by atoms with van der Waals surface area (Å²) in [4.78, 5) is 11.0. The Bertz CT molecular complexity index is 981. The van der Waals surface area contributed by atoms with Gasteiger partial charge in [-0.1, -0.05) is 0 Å². The van der Waals surface area contributed by atoms with Gasteiger partial charge >= 0.3 is 5.97 Å². The van der Waals surface area contributed by atoms with Crippen molar-refractivity contribution in [2.24, 2.45) is 0 Å². The maximum absolute atomic E-state index is 14.2. The van der Waals surface area contributed by atoms with Crippen LogP contribution in [-0.4, -0.2) is 27.4 Å². The minimum atomic E-state index is -1.01. The molecule has 0 radical (unpaired) electrons. The third kappa shape index (κ3) is 2.53. The highest BCUT2D eigenvalue weighted by Crippen LogP contribution is 2.35. The number of aromatic nitrogens is 2. The number of hydrogen-bond donors (Lipinski definition) is 2. The number of hydrogen-bond acceptors (Lipinski definition) is 3. The zero-order chi connectivity index (χ0) is 17.6. The molecular formula is C18H13F2N3O2. The van der Waals surface area contributed by atoms with Crippen molar-refractivity contribution in [1.82, 2.24) is 9.78 Å². The average molecular weight is 341 g/mol. The first-order valence-electron chi connectivity index (χ1n) is 7.69. The molecule has 0 amide bonds. The Morgan fingerprint density at radius 3 is 2.60 bits per heavy atom. The number of anilines is 1. The van der Waals surface area contributed by atoms with Crippen LogP contribution in [-0.2, 0) is 6.42 Å². The fourth-order valence-corrected chi connectivity index (χ4v) is 3.00. The first kappa shape index (κ1) is 15.3. The summed E-state index contributed by atoms with van der Waals surface area (Å²) >= 11 is 0. The number of rotatable bonds is 3. The Hall–Kier alpha value is -3.22. The smallest absolute Gasteiger partial charge is 0.335 e. The molecule has 0 atom stereocenters. The van der Waals surface area contributed by atoms with Crippen LogP contribution in [0.3, 0.4) is 0 Å². The number of nitrogens with one attached hydrogen (secondary N) is 1. The standard InChI is InChI=1S/C18H13F2N3O2/c19-11-3-6-13(15(20)9-11)16-14-7-8-21-17(14)23(22-16)12-4-1-10(2-5-12)18(24)25/h1-6,9,21H,7-8H2,(H,24,25). The number of halogens is 2. The molecule has 3 aromatic rings. The summed E-state index contributed by atoms with van der Waals surface area (Å²) in [5.74, 6) is -1.58. The Morgan fingerprint density at radius 2 is 1.92 bits per heavy atom. The van der Waals surface area contributed by atoms with Crippen LogP contribution >= 0.6 is 0 Å². The van der Waals surface area contributed by atoms with Gasteiger partial charge in [-0.05, 0) is 42.8 Å². The first-order chi connectivity index (χ1) is 12.0. The molecule has 0 saturated carbocycles. The zero-order valence-electron chi connectivity index (χ0n) is 13.0. The summed E-state index contributed by atoms with van der Waals surface area (Å²) in [6.45, 7) is 0.691. The number of carboxylic acid groups (broad SMARTS) is 1. The second-order valence-electron chi connectivity index (χ2n) is 5.74. The summed E-state index contributed by atoms with van der Waals surface area (Å²) in [5.41, 5.74) is 2.38. The van der Waals surface area contributed by atoms with Gasteiger partial charge in [0.05, 0.1) is 11.3 Å². The topological polar surface area (TPSA) is 67.1 Å². The lowest BCUT2D eigenvalue weighted by Gasteiger charge is -2.07. The number of benzene rings is 2.